The lowest BCUT2D eigenvalue weighted by atomic mass is 10.2. The molecule has 1 amide bonds. The molecule has 142 valence electrons. The van der Waals surface area contributed by atoms with Crippen molar-refractivity contribution in [1.29, 1.82) is 0 Å². The summed E-state index contributed by atoms with van der Waals surface area (Å²) in [5.74, 6) is -0.121. The fourth-order valence-corrected chi connectivity index (χ4v) is 2.31. The van der Waals surface area contributed by atoms with Crippen LogP contribution in [0.2, 0.25) is 0 Å². The van der Waals surface area contributed by atoms with Gasteiger partial charge in [-0.05, 0) is 36.8 Å². The molecule has 0 atom stereocenters. The van der Waals surface area contributed by atoms with Crippen molar-refractivity contribution in [2.24, 2.45) is 5.73 Å². The maximum Gasteiger partial charge on any atom is 0.349 e. The Morgan fingerprint density at radius 2 is 1.78 bits per heavy atom. The number of benzene rings is 2. The molecule has 0 saturated heterocycles. The molecule has 0 radical (unpaired) electrons. The van der Waals surface area contributed by atoms with Gasteiger partial charge >= 0.3 is 5.97 Å². The average molecular weight is 371 g/mol. The number of rotatable bonds is 8. The molecule has 2 N–H and O–H groups in total. The van der Waals surface area contributed by atoms with Crippen LogP contribution in [0.25, 0.3) is 6.08 Å². The molecule has 0 unspecified atom stereocenters. The summed E-state index contributed by atoms with van der Waals surface area (Å²) >= 11 is 0. The lowest BCUT2D eigenvalue weighted by Gasteiger charge is -2.12. The number of esters is 1. The van der Waals surface area contributed by atoms with Crippen LogP contribution in [0, 0.1) is 0 Å². The van der Waals surface area contributed by atoms with Crippen LogP contribution in [0.5, 0.6) is 23.0 Å². The summed E-state index contributed by atoms with van der Waals surface area (Å²) in [4.78, 5) is 23.6. The van der Waals surface area contributed by atoms with E-state index in [0.29, 0.717) is 17.2 Å². The zero-order valence-electron chi connectivity index (χ0n) is 15.4. The summed E-state index contributed by atoms with van der Waals surface area (Å²) in [7, 11) is 2.97. The van der Waals surface area contributed by atoms with Crippen molar-refractivity contribution in [2.75, 3.05) is 20.8 Å². The van der Waals surface area contributed by atoms with Gasteiger partial charge < -0.3 is 24.7 Å². The summed E-state index contributed by atoms with van der Waals surface area (Å²) in [5.41, 5.74) is 6.30. The summed E-state index contributed by atoms with van der Waals surface area (Å²) < 4.78 is 21.0. The zero-order valence-corrected chi connectivity index (χ0v) is 15.4. The number of nitrogens with two attached hydrogens (primary N) is 1. The minimum atomic E-state index is -0.720. The Morgan fingerprint density at radius 3 is 2.41 bits per heavy atom. The molecule has 0 spiro atoms. The number of amides is 1. The van der Waals surface area contributed by atoms with Crippen LogP contribution in [0.1, 0.15) is 22.8 Å². The summed E-state index contributed by atoms with van der Waals surface area (Å²) in [6.45, 7) is 1.53. The second-order valence-corrected chi connectivity index (χ2v) is 5.40. The molecule has 0 fully saturated rings. The molecule has 2 aromatic carbocycles. The molecule has 0 saturated carbocycles. The van der Waals surface area contributed by atoms with Gasteiger partial charge in [-0.1, -0.05) is 18.2 Å². The van der Waals surface area contributed by atoms with Gasteiger partial charge in [-0.3, -0.25) is 4.79 Å². The highest BCUT2D eigenvalue weighted by atomic mass is 16.6. The second kappa shape index (κ2) is 9.28. The number of methoxy groups -OCH3 is 2. The SMILES string of the molecule is C/C=C\c1ccc(OCC(=O)Oc2cc(OC)ccc2C(N)=O)c(OC)c1. The Labute approximate surface area is 157 Å². The largest absolute Gasteiger partial charge is 0.497 e. The van der Waals surface area contributed by atoms with Gasteiger partial charge in [0.2, 0.25) is 0 Å². The third-order valence-corrected chi connectivity index (χ3v) is 3.57. The molecule has 0 aliphatic carbocycles. The van der Waals surface area contributed by atoms with Gasteiger partial charge in [0.1, 0.15) is 11.5 Å². The monoisotopic (exact) mass is 371 g/mol. The molecule has 27 heavy (non-hydrogen) atoms. The molecule has 7 heteroatoms. The van der Waals surface area contributed by atoms with Crippen LogP contribution < -0.4 is 24.7 Å². The van der Waals surface area contributed by atoms with Crippen molar-refractivity contribution in [2.45, 2.75) is 6.92 Å². The highest BCUT2D eigenvalue weighted by Crippen LogP contribution is 2.29. The number of allylic oxidation sites excluding steroid dienone is 1. The predicted octanol–water partition coefficient (Wildman–Crippen LogP) is 2.82. The van der Waals surface area contributed by atoms with Crippen molar-refractivity contribution in [3.8, 4) is 23.0 Å². The molecule has 0 bridgehead atoms. The second-order valence-electron chi connectivity index (χ2n) is 5.40. The van der Waals surface area contributed by atoms with Crippen molar-refractivity contribution in [3.05, 3.63) is 53.6 Å². The third-order valence-electron chi connectivity index (χ3n) is 3.57. The molecule has 0 aromatic heterocycles. The van der Waals surface area contributed by atoms with Crippen LogP contribution in [0.4, 0.5) is 0 Å². The van der Waals surface area contributed by atoms with E-state index in [1.165, 1.54) is 26.4 Å². The van der Waals surface area contributed by atoms with Gasteiger partial charge in [-0.2, -0.15) is 0 Å². The van der Waals surface area contributed by atoms with E-state index < -0.39 is 11.9 Å². The Hall–Kier alpha value is -3.48. The number of primary amides is 1. The van der Waals surface area contributed by atoms with Gasteiger partial charge in [0.25, 0.3) is 5.91 Å². The molecule has 7 nitrogen and oxygen atoms in total. The Bertz CT molecular complexity index is 860. The summed E-state index contributed by atoms with van der Waals surface area (Å²) in [6.07, 6.45) is 3.81. The normalized spacial score (nSPS) is 10.5. The van der Waals surface area contributed by atoms with Gasteiger partial charge in [0.15, 0.2) is 18.1 Å². The Morgan fingerprint density at radius 1 is 1.00 bits per heavy atom. The van der Waals surface area contributed by atoms with Crippen molar-refractivity contribution in [1.82, 2.24) is 0 Å². The van der Waals surface area contributed by atoms with Crippen LogP contribution in [0.3, 0.4) is 0 Å². The molecule has 2 aromatic rings. The van der Waals surface area contributed by atoms with E-state index in [1.54, 1.807) is 18.2 Å². The smallest absolute Gasteiger partial charge is 0.349 e. The quantitative estimate of drug-likeness (QED) is 0.566. The third kappa shape index (κ3) is 5.24. The van der Waals surface area contributed by atoms with E-state index in [2.05, 4.69) is 0 Å². The van der Waals surface area contributed by atoms with E-state index in [-0.39, 0.29) is 17.9 Å². The zero-order chi connectivity index (χ0) is 19.8. The fourth-order valence-electron chi connectivity index (χ4n) is 2.31. The first kappa shape index (κ1) is 19.8. The van der Waals surface area contributed by atoms with E-state index >= 15 is 0 Å². The van der Waals surface area contributed by atoms with Crippen LogP contribution in [-0.4, -0.2) is 32.7 Å². The molecular weight excluding hydrogens is 350 g/mol. The Kier molecular flexibility index (Phi) is 6.82. The first-order chi connectivity index (χ1) is 13.0. The maximum atomic E-state index is 12.1. The number of hydrogen-bond acceptors (Lipinski definition) is 6. The fraction of sp³-hybridized carbons (Fsp3) is 0.200. The predicted molar refractivity (Wildman–Crippen MR) is 100 cm³/mol. The number of ether oxygens (including phenoxy) is 4. The highest BCUT2D eigenvalue weighted by Gasteiger charge is 2.16. The van der Waals surface area contributed by atoms with Crippen molar-refractivity contribution < 1.29 is 28.5 Å². The van der Waals surface area contributed by atoms with Gasteiger partial charge in [0, 0.05) is 6.07 Å². The summed E-state index contributed by atoms with van der Waals surface area (Å²) in [6, 6.07) is 9.69. The van der Waals surface area contributed by atoms with E-state index in [0.717, 1.165) is 5.56 Å². The lowest BCUT2D eigenvalue weighted by molar-refractivity contribution is -0.136. The van der Waals surface area contributed by atoms with Gasteiger partial charge in [0.05, 0.1) is 19.8 Å². The maximum absolute atomic E-state index is 12.1. The van der Waals surface area contributed by atoms with Gasteiger partial charge in [-0.15, -0.1) is 0 Å². The first-order valence-corrected chi connectivity index (χ1v) is 8.10. The molecular formula is C20H21NO6. The number of carbonyl (C=O) groups excluding carboxylic acids is 2. The van der Waals surface area contributed by atoms with Crippen LogP contribution in [0.15, 0.2) is 42.5 Å². The van der Waals surface area contributed by atoms with E-state index in [9.17, 15) is 9.59 Å². The first-order valence-electron chi connectivity index (χ1n) is 8.10. The molecule has 0 heterocycles. The van der Waals surface area contributed by atoms with E-state index in [4.69, 9.17) is 24.7 Å². The standard InChI is InChI=1S/C20H21NO6/c1-4-5-13-6-9-16(18(10-13)25-3)26-12-19(22)27-17-11-14(24-2)7-8-15(17)20(21)23/h4-11H,12H2,1-3H3,(H2,21,23)/b5-4-. The number of carbonyl (C=O) groups is 2. The highest BCUT2D eigenvalue weighted by molar-refractivity contribution is 5.96. The molecule has 0 aliphatic heterocycles. The van der Waals surface area contributed by atoms with Crippen molar-refractivity contribution in [3.63, 3.8) is 0 Å². The average Bonchev–Trinajstić information content (AvgIpc) is 2.66. The Balaban J connectivity index is 2.10. The van der Waals surface area contributed by atoms with E-state index in [1.807, 2.05) is 25.1 Å². The molecule has 2 rings (SSSR count). The van der Waals surface area contributed by atoms with Gasteiger partial charge in [-0.25, -0.2) is 4.79 Å². The number of hydrogen-bond donors (Lipinski definition) is 1. The summed E-state index contributed by atoms with van der Waals surface area (Å²) in [5, 5.41) is 0. The van der Waals surface area contributed by atoms with Crippen LogP contribution >= 0.6 is 0 Å². The molecule has 0 aliphatic rings. The lowest BCUT2D eigenvalue weighted by Crippen LogP contribution is -2.20. The van der Waals surface area contributed by atoms with Crippen molar-refractivity contribution >= 4 is 18.0 Å². The van der Waals surface area contributed by atoms with Crippen LogP contribution in [-0.2, 0) is 4.79 Å². The minimum Gasteiger partial charge on any atom is -0.497 e. The topological polar surface area (TPSA) is 97.1 Å². The minimum absolute atomic E-state index is 0.00541.